The molecule has 1 aromatic carbocycles. The Balaban J connectivity index is 0.00000144. The molecule has 0 amide bonds. The van der Waals surface area contributed by atoms with Gasteiger partial charge in [0.05, 0.1) is 6.42 Å². The summed E-state index contributed by atoms with van der Waals surface area (Å²) in [6.45, 7) is 0. The molecule has 0 heterocycles. The fourth-order valence-electron chi connectivity index (χ4n) is 0.964. The molecule has 0 unspecified atom stereocenters. The molecular weight excluding hydrogens is 190 g/mol. The van der Waals surface area contributed by atoms with Gasteiger partial charge in [0.15, 0.2) is 0 Å². The third-order valence-corrected chi connectivity index (χ3v) is 1.60. The molecule has 0 saturated carbocycles. The van der Waals surface area contributed by atoms with Crippen LogP contribution in [0.2, 0.25) is 0 Å². The molecule has 0 atom stereocenters. The lowest BCUT2D eigenvalue weighted by Crippen LogP contribution is -1.99. The van der Waals surface area contributed by atoms with Crippen molar-refractivity contribution in [2.45, 2.75) is 6.42 Å². The van der Waals surface area contributed by atoms with Crippen molar-refractivity contribution >= 4 is 24.1 Å². The quantitative estimate of drug-likeness (QED) is 0.784. The molecule has 0 bridgehead atoms. The first-order chi connectivity index (χ1) is 5.72. The van der Waals surface area contributed by atoms with E-state index in [-0.39, 0.29) is 18.8 Å². The highest BCUT2D eigenvalue weighted by molar-refractivity contribution is 5.85. The standard InChI is InChI=1S/C9H11NO2.ClH/c1-10-8-4-2-7(3-5-8)6-9(11)12;/h2-5,10H,6H2,1H3,(H,11,12);1H. The van der Waals surface area contributed by atoms with Crippen molar-refractivity contribution in [2.75, 3.05) is 12.4 Å². The van der Waals surface area contributed by atoms with Gasteiger partial charge in [-0.05, 0) is 17.7 Å². The van der Waals surface area contributed by atoms with Crippen LogP contribution in [-0.2, 0) is 11.2 Å². The van der Waals surface area contributed by atoms with Crippen LogP contribution in [-0.4, -0.2) is 18.1 Å². The Morgan fingerprint density at radius 3 is 2.31 bits per heavy atom. The molecular formula is C9H12ClNO2. The third-order valence-electron chi connectivity index (χ3n) is 1.60. The van der Waals surface area contributed by atoms with Gasteiger partial charge in [0, 0.05) is 12.7 Å². The van der Waals surface area contributed by atoms with Gasteiger partial charge < -0.3 is 10.4 Å². The lowest BCUT2D eigenvalue weighted by molar-refractivity contribution is -0.136. The highest BCUT2D eigenvalue weighted by Gasteiger charge is 1.98. The second kappa shape index (κ2) is 5.43. The molecule has 0 aliphatic carbocycles. The van der Waals surface area contributed by atoms with Crippen LogP contribution in [0.4, 0.5) is 5.69 Å². The van der Waals surface area contributed by atoms with E-state index in [4.69, 9.17) is 5.11 Å². The number of nitrogens with one attached hydrogen (secondary N) is 1. The minimum absolute atomic E-state index is 0. The molecule has 2 N–H and O–H groups in total. The summed E-state index contributed by atoms with van der Waals surface area (Å²) in [7, 11) is 1.83. The Hall–Kier alpha value is -1.22. The molecule has 1 rings (SSSR count). The molecule has 4 heteroatoms. The fourth-order valence-corrected chi connectivity index (χ4v) is 0.964. The monoisotopic (exact) mass is 201 g/mol. The molecule has 72 valence electrons. The maximum absolute atomic E-state index is 10.3. The topological polar surface area (TPSA) is 49.3 Å². The zero-order valence-corrected chi connectivity index (χ0v) is 8.10. The summed E-state index contributed by atoms with van der Waals surface area (Å²) in [5, 5.41) is 11.4. The fraction of sp³-hybridized carbons (Fsp3) is 0.222. The molecule has 0 aliphatic rings. The Morgan fingerprint density at radius 2 is 1.92 bits per heavy atom. The van der Waals surface area contributed by atoms with E-state index in [1.807, 2.05) is 19.2 Å². The molecule has 13 heavy (non-hydrogen) atoms. The van der Waals surface area contributed by atoms with Crippen LogP contribution in [0.1, 0.15) is 5.56 Å². The summed E-state index contributed by atoms with van der Waals surface area (Å²) in [6.07, 6.45) is 0.0873. The lowest BCUT2D eigenvalue weighted by Gasteiger charge is -2.00. The Bertz CT molecular complexity index is 271. The van der Waals surface area contributed by atoms with Crippen LogP contribution in [0, 0.1) is 0 Å². The van der Waals surface area contributed by atoms with Crippen molar-refractivity contribution in [1.29, 1.82) is 0 Å². The number of hydrogen-bond donors (Lipinski definition) is 2. The Morgan fingerprint density at radius 1 is 1.38 bits per heavy atom. The van der Waals surface area contributed by atoms with Gasteiger partial charge in [0.1, 0.15) is 0 Å². The van der Waals surface area contributed by atoms with Crippen LogP contribution in [0.25, 0.3) is 0 Å². The van der Waals surface area contributed by atoms with Gasteiger partial charge in [-0.1, -0.05) is 12.1 Å². The van der Waals surface area contributed by atoms with Crippen molar-refractivity contribution in [1.82, 2.24) is 0 Å². The molecule has 0 aromatic heterocycles. The highest BCUT2D eigenvalue weighted by Crippen LogP contribution is 2.08. The van der Waals surface area contributed by atoms with Gasteiger partial charge in [-0.2, -0.15) is 0 Å². The van der Waals surface area contributed by atoms with Crippen molar-refractivity contribution in [3.05, 3.63) is 29.8 Å². The number of halogens is 1. The van der Waals surface area contributed by atoms with Gasteiger partial charge in [0.2, 0.25) is 0 Å². The number of rotatable bonds is 3. The predicted octanol–water partition coefficient (Wildman–Crippen LogP) is 1.78. The summed E-state index contributed by atoms with van der Waals surface area (Å²) in [5.41, 5.74) is 1.81. The van der Waals surface area contributed by atoms with E-state index in [0.717, 1.165) is 11.3 Å². The number of carboxylic acid groups (broad SMARTS) is 1. The molecule has 0 radical (unpaired) electrons. The Kier molecular flexibility index (Phi) is 4.92. The van der Waals surface area contributed by atoms with Crippen molar-refractivity contribution in [3.63, 3.8) is 0 Å². The Labute approximate surface area is 83.2 Å². The maximum atomic E-state index is 10.3. The minimum Gasteiger partial charge on any atom is -0.481 e. The largest absolute Gasteiger partial charge is 0.481 e. The van der Waals surface area contributed by atoms with E-state index in [1.165, 1.54) is 0 Å². The molecule has 0 fully saturated rings. The summed E-state index contributed by atoms with van der Waals surface area (Å²) in [4.78, 5) is 10.3. The first-order valence-electron chi connectivity index (χ1n) is 3.71. The number of carbonyl (C=O) groups is 1. The average Bonchev–Trinajstić information content (AvgIpc) is 2.05. The number of hydrogen-bond acceptors (Lipinski definition) is 2. The van der Waals surface area contributed by atoms with Crippen LogP contribution >= 0.6 is 12.4 Å². The lowest BCUT2D eigenvalue weighted by atomic mass is 10.1. The van der Waals surface area contributed by atoms with E-state index in [1.54, 1.807) is 12.1 Å². The summed E-state index contributed by atoms with van der Waals surface area (Å²) < 4.78 is 0. The first-order valence-corrected chi connectivity index (χ1v) is 3.71. The summed E-state index contributed by atoms with van der Waals surface area (Å²) >= 11 is 0. The SMILES string of the molecule is CNc1ccc(CC(=O)O)cc1.Cl. The first kappa shape index (κ1) is 11.8. The van der Waals surface area contributed by atoms with E-state index in [9.17, 15) is 4.79 Å². The van der Waals surface area contributed by atoms with E-state index in [0.29, 0.717) is 0 Å². The smallest absolute Gasteiger partial charge is 0.307 e. The predicted molar refractivity (Wildman–Crippen MR) is 54.6 cm³/mol. The molecule has 0 aliphatic heterocycles. The van der Waals surface area contributed by atoms with E-state index >= 15 is 0 Å². The molecule has 0 spiro atoms. The zero-order valence-electron chi connectivity index (χ0n) is 7.28. The van der Waals surface area contributed by atoms with Gasteiger partial charge in [0.25, 0.3) is 0 Å². The number of benzene rings is 1. The number of anilines is 1. The molecule has 3 nitrogen and oxygen atoms in total. The van der Waals surface area contributed by atoms with Gasteiger partial charge in [-0.3, -0.25) is 4.79 Å². The van der Waals surface area contributed by atoms with Crippen molar-refractivity contribution in [3.8, 4) is 0 Å². The number of carboxylic acids is 1. The van der Waals surface area contributed by atoms with E-state index in [2.05, 4.69) is 5.32 Å². The minimum atomic E-state index is -0.799. The van der Waals surface area contributed by atoms with Crippen LogP contribution in [0.15, 0.2) is 24.3 Å². The third kappa shape index (κ3) is 3.80. The van der Waals surface area contributed by atoms with Gasteiger partial charge in [-0.15, -0.1) is 12.4 Å². The van der Waals surface area contributed by atoms with Crippen LogP contribution in [0.3, 0.4) is 0 Å². The van der Waals surface area contributed by atoms with E-state index < -0.39 is 5.97 Å². The molecule has 0 saturated heterocycles. The second-order valence-electron chi connectivity index (χ2n) is 2.52. The van der Waals surface area contributed by atoms with Crippen LogP contribution < -0.4 is 5.32 Å². The van der Waals surface area contributed by atoms with Gasteiger partial charge >= 0.3 is 5.97 Å². The number of aliphatic carboxylic acids is 1. The summed E-state index contributed by atoms with van der Waals surface area (Å²) in [6, 6.07) is 7.33. The van der Waals surface area contributed by atoms with Crippen molar-refractivity contribution < 1.29 is 9.90 Å². The average molecular weight is 202 g/mol. The maximum Gasteiger partial charge on any atom is 0.307 e. The highest BCUT2D eigenvalue weighted by atomic mass is 35.5. The normalized spacial score (nSPS) is 8.69. The summed E-state index contributed by atoms with van der Waals surface area (Å²) in [5.74, 6) is -0.799. The van der Waals surface area contributed by atoms with Crippen LogP contribution in [0.5, 0.6) is 0 Å². The van der Waals surface area contributed by atoms with Crippen molar-refractivity contribution in [2.24, 2.45) is 0 Å². The molecule has 1 aromatic rings. The second-order valence-corrected chi connectivity index (χ2v) is 2.52. The van der Waals surface area contributed by atoms with Gasteiger partial charge in [-0.25, -0.2) is 0 Å². The zero-order chi connectivity index (χ0) is 8.97.